The van der Waals surface area contributed by atoms with Crippen molar-refractivity contribution < 1.29 is 14.3 Å². The second-order valence-electron chi connectivity index (χ2n) is 4.23. The van der Waals surface area contributed by atoms with Crippen molar-refractivity contribution in [3.63, 3.8) is 0 Å². The maximum Gasteiger partial charge on any atom is 0.269 e. The van der Waals surface area contributed by atoms with Gasteiger partial charge in [0.15, 0.2) is 0 Å². The predicted molar refractivity (Wildman–Crippen MR) is 68.0 cm³/mol. The van der Waals surface area contributed by atoms with Crippen LogP contribution in [0.2, 0.25) is 0 Å². The van der Waals surface area contributed by atoms with Crippen molar-refractivity contribution in [2.45, 2.75) is 13.0 Å². The smallest absolute Gasteiger partial charge is 0.269 e. The minimum absolute atomic E-state index is 0.170. The van der Waals surface area contributed by atoms with Crippen LogP contribution in [0.25, 0.3) is 11.3 Å². The number of aliphatic hydroxyl groups excluding tert-OH is 1. The number of benzene rings is 1. The number of aromatic nitrogens is 2. The Morgan fingerprint density at radius 3 is 2.79 bits per heavy atom. The Morgan fingerprint density at radius 2 is 2.16 bits per heavy atom. The van der Waals surface area contributed by atoms with Gasteiger partial charge in [-0.1, -0.05) is 0 Å². The van der Waals surface area contributed by atoms with Crippen LogP contribution >= 0.6 is 0 Å². The topological polar surface area (TPSA) is 78.0 Å². The average molecular weight is 263 g/mol. The van der Waals surface area contributed by atoms with Gasteiger partial charge >= 0.3 is 0 Å². The lowest BCUT2D eigenvalue weighted by molar-refractivity contribution is 0.0919. The van der Waals surface area contributed by atoms with E-state index in [9.17, 15) is 9.18 Å². The summed E-state index contributed by atoms with van der Waals surface area (Å²) in [6.07, 6.45) is -0.608. The molecule has 0 unspecified atom stereocenters. The van der Waals surface area contributed by atoms with E-state index in [1.165, 1.54) is 12.1 Å². The Bertz CT molecular complexity index is 564. The third-order valence-electron chi connectivity index (χ3n) is 2.52. The number of hydrogen-bond acceptors (Lipinski definition) is 3. The van der Waals surface area contributed by atoms with Crippen molar-refractivity contribution in [3.8, 4) is 11.3 Å². The molecule has 2 aromatic rings. The van der Waals surface area contributed by atoms with Gasteiger partial charge in [-0.15, -0.1) is 0 Å². The van der Waals surface area contributed by atoms with Crippen molar-refractivity contribution >= 4 is 5.91 Å². The number of carbonyl (C=O) groups is 1. The summed E-state index contributed by atoms with van der Waals surface area (Å²) in [7, 11) is 0. The number of hydrogen-bond donors (Lipinski definition) is 3. The van der Waals surface area contributed by atoms with E-state index in [4.69, 9.17) is 5.11 Å². The van der Waals surface area contributed by atoms with E-state index in [0.29, 0.717) is 17.0 Å². The molecule has 0 saturated carbocycles. The van der Waals surface area contributed by atoms with Gasteiger partial charge in [0.2, 0.25) is 0 Å². The first-order valence-electron chi connectivity index (χ1n) is 5.84. The standard InChI is InChI=1S/C13H14FN3O2/c1-8(18)7-15-13(19)12-6-11(16-17-12)9-2-4-10(14)5-3-9/h2-6,8,18H,7H2,1H3,(H,15,19)(H,16,17)/t8-/m0/s1. The lowest BCUT2D eigenvalue weighted by atomic mass is 10.1. The molecule has 0 aliphatic rings. The van der Waals surface area contributed by atoms with Gasteiger partial charge in [-0.25, -0.2) is 4.39 Å². The average Bonchev–Trinajstić information content (AvgIpc) is 2.86. The maximum atomic E-state index is 12.8. The molecule has 3 N–H and O–H groups in total. The highest BCUT2D eigenvalue weighted by molar-refractivity contribution is 5.93. The quantitative estimate of drug-likeness (QED) is 0.778. The Hall–Kier alpha value is -2.21. The first kappa shape index (κ1) is 13.2. The third-order valence-corrected chi connectivity index (χ3v) is 2.52. The van der Waals surface area contributed by atoms with E-state index in [1.54, 1.807) is 25.1 Å². The molecule has 0 aliphatic heterocycles. The fourth-order valence-corrected chi connectivity index (χ4v) is 1.54. The van der Waals surface area contributed by atoms with Gasteiger partial charge in [0.05, 0.1) is 11.8 Å². The number of nitrogens with one attached hydrogen (secondary N) is 2. The number of rotatable bonds is 4. The molecule has 0 spiro atoms. The van der Waals surface area contributed by atoms with Crippen molar-refractivity contribution in [2.75, 3.05) is 6.54 Å². The molecule has 100 valence electrons. The summed E-state index contributed by atoms with van der Waals surface area (Å²) in [5.74, 6) is -0.670. The van der Waals surface area contributed by atoms with Crippen molar-refractivity contribution in [1.82, 2.24) is 15.5 Å². The zero-order valence-electron chi connectivity index (χ0n) is 10.4. The number of halogens is 1. The SMILES string of the molecule is C[C@H](O)CNC(=O)c1cc(-c2ccc(F)cc2)n[nH]1. The van der Waals surface area contributed by atoms with Crippen LogP contribution in [0.3, 0.4) is 0 Å². The molecule has 1 amide bonds. The van der Waals surface area contributed by atoms with E-state index in [0.717, 1.165) is 0 Å². The third kappa shape index (κ3) is 3.38. The van der Waals surface area contributed by atoms with Gasteiger partial charge in [-0.2, -0.15) is 5.10 Å². The highest BCUT2D eigenvalue weighted by Gasteiger charge is 2.11. The largest absolute Gasteiger partial charge is 0.392 e. The molecule has 0 radical (unpaired) electrons. The minimum atomic E-state index is -0.608. The summed E-state index contributed by atoms with van der Waals surface area (Å²) in [5.41, 5.74) is 1.56. The van der Waals surface area contributed by atoms with Gasteiger partial charge in [-0.05, 0) is 37.3 Å². The predicted octanol–water partition coefficient (Wildman–Crippen LogP) is 1.33. The second-order valence-corrected chi connectivity index (χ2v) is 4.23. The van der Waals surface area contributed by atoms with Crippen molar-refractivity contribution in [3.05, 3.63) is 41.8 Å². The zero-order chi connectivity index (χ0) is 13.8. The summed E-state index contributed by atoms with van der Waals surface area (Å²) in [6, 6.07) is 7.41. The van der Waals surface area contributed by atoms with Crippen LogP contribution in [0.5, 0.6) is 0 Å². The fourth-order valence-electron chi connectivity index (χ4n) is 1.54. The summed E-state index contributed by atoms with van der Waals surface area (Å²) in [4.78, 5) is 11.7. The monoisotopic (exact) mass is 263 g/mol. The molecule has 2 rings (SSSR count). The molecule has 19 heavy (non-hydrogen) atoms. The van der Waals surface area contributed by atoms with Gasteiger partial charge in [0.1, 0.15) is 11.5 Å². The normalized spacial score (nSPS) is 12.2. The van der Waals surface area contributed by atoms with Crippen LogP contribution in [-0.2, 0) is 0 Å². The molecule has 1 aromatic carbocycles. The summed E-state index contributed by atoms with van der Waals surface area (Å²) >= 11 is 0. The van der Waals surface area contributed by atoms with Crippen LogP contribution in [0.4, 0.5) is 4.39 Å². The first-order valence-corrected chi connectivity index (χ1v) is 5.84. The molecule has 1 atom stereocenters. The Balaban J connectivity index is 2.10. The lowest BCUT2D eigenvalue weighted by Crippen LogP contribution is -2.30. The highest BCUT2D eigenvalue weighted by atomic mass is 19.1. The van der Waals surface area contributed by atoms with E-state index in [2.05, 4.69) is 15.5 Å². The van der Waals surface area contributed by atoms with Crippen molar-refractivity contribution in [2.24, 2.45) is 0 Å². The molecular weight excluding hydrogens is 249 g/mol. The van der Waals surface area contributed by atoms with Crippen LogP contribution < -0.4 is 5.32 Å². The number of aromatic amines is 1. The number of aliphatic hydroxyl groups is 1. The maximum absolute atomic E-state index is 12.8. The summed E-state index contributed by atoms with van der Waals surface area (Å²) in [6.45, 7) is 1.75. The van der Waals surface area contributed by atoms with Crippen molar-refractivity contribution in [1.29, 1.82) is 0 Å². The van der Waals surface area contributed by atoms with Gasteiger partial charge < -0.3 is 10.4 Å². The van der Waals surface area contributed by atoms with Crippen LogP contribution in [-0.4, -0.2) is 33.9 Å². The molecule has 5 nitrogen and oxygen atoms in total. The van der Waals surface area contributed by atoms with E-state index < -0.39 is 6.10 Å². The van der Waals surface area contributed by atoms with E-state index >= 15 is 0 Å². The highest BCUT2D eigenvalue weighted by Crippen LogP contribution is 2.17. The van der Waals surface area contributed by atoms with Crippen LogP contribution in [0.1, 0.15) is 17.4 Å². The molecule has 0 aliphatic carbocycles. The number of amides is 1. The van der Waals surface area contributed by atoms with Gasteiger partial charge in [0, 0.05) is 12.1 Å². The number of H-pyrrole nitrogens is 1. The summed E-state index contributed by atoms with van der Waals surface area (Å²) < 4.78 is 12.8. The van der Waals surface area contributed by atoms with E-state index in [-0.39, 0.29) is 18.3 Å². The van der Waals surface area contributed by atoms with Crippen LogP contribution in [0.15, 0.2) is 30.3 Å². The minimum Gasteiger partial charge on any atom is -0.392 e. The molecular formula is C13H14FN3O2. The Morgan fingerprint density at radius 1 is 1.47 bits per heavy atom. The Labute approximate surface area is 109 Å². The van der Waals surface area contributed by atoms with Crippen LogP contribution in [0, 0.1) is 5.82 Å². The molecule has 1 heterocycles. The number of nitrogens with zero attached hydrogens (tertiary/aromatic N) is 1. The van der Waals surface area contributed by atoms with Gasteiger partial charge in [-0.3, -0.25) is 9.89 Å². The van der Waals surface area contributed by atoms with E-state index in [1.807, 2.05) is 0 Å². The second kappa shape index (κ2) is 5.62. The lowest BCUT2D eigenvalue weighted by Gasteiger charge is -2.04. The number of carbonyl (C=O) groups excluding carboxylic acids is 1. The molecule has 1 aromatic heterocycles. The first-order chi connectivity index (χ1) is 9.06. The summed E-state index contributed by atoms with van der Waals surface area (Å²) in [5, 5.41) is 18.2. The molecule has 0 bridgehead atoms. The fraction of sp³-hybridized carbons (Fsp3) is 0.231. The zero-order valence-corrected chi connectivity index (χ0v) is 10.4. The molecule has 6 heteroatoms. The Kier molecular flexibility index (Phi) is 3.91. The van der Waals surface area contributed by atoms with Gasteiger partial charge in [0.25, 0.3) is 5.91 Å². The molecule has 0 saturated heterocycles. The molecule has 0 fully saturated rings.